The molecule has 8 heteroatoms. The average molecular weight is 433 g/mol. The van der Waals surface area contributed by atoms with Crippen LogP contribution in [0.1, 0.15) is 0 Å². The Morgan fingerprint density at radius 2 is 1.81 bits per heavy atom. The number of anilines is 1. The van der Waals surface area contributed by atoms with Gasteiger partial charge in [0.2, 0.25) is 0 Å². The molecule has 0 bridgehead atoms. The van der Waals surface area contributed by atoms with Crippen LogP contribution >= 0.6 is 0 Å². The van der Waals surface area contributed by atoms with Gasteiger partial charge in [-0.05, 0) is 31.3 Å². The van der Waals surface area contributed by atoms with E-state index >= 15 is 0 Å². The van der Waals surface area contributed by atoms with Crippen LogP contribution in [0.5, 0.6) is 5.75 Å². The highest BCUT2D eigenvalue weighted by Crippen LogP contribution is 2.30. The smallest absolute Gasteiger partial charge is 0.257 e. The first-order chi connectivity index (χ1) is 15.5. The Hall–Kier alpha value is -3.65. The van der Waals surface area contributed by atoms with Gasteiger partial charge < -0.3 is 14.5 Å². The highest BCUT2D eigenvalue weighted by molar-refractivity contribution is 5.92. The molecule has 1 saturated heterocycles. The third-order valence-electron chi connectivity index (χ3n) is 6.02. The van der Waals surface area contributed by atoms with Gasteiger partial charge >= 0.3 is 0 Å². The highest BCUT2D eigenvalue weighted by Gasteiger charge is 2.18. The van der Waals surface area contributed by atoms with E-state index in [-0.39, 0.29) is 17.0 Å². The predicted octanol–water partition coefficient (Wildman–Crippen LogP) is 3.28. The van der Waals surface area contributed by atoms with Crippen LogP contribution in [0.2, 0.25) is 0 Å². The van der Waals surface area contributed by atoms with Crippen molar-refractivity contribution in [3.05, 3.63) is 70.9 Å². The number of ether oxygens (including phenoxy) is 1. The minimum absolute atomic E-state index is 0.0828. The largest absolute Gasteiger partial charge is 0.494 e. The maximum absolute atomic E-state index is 14.6. The molecule has 2 aromatic heterocycles. The molecule has 2 aromatic carbocycles. The third kappa shape index (κ3) is 3.52. The summed E-state index contributed by atoms with van der Waals surface area (Å²) in [6.07, 6.45) is 1.62. The molecular weight excluding hydrogens is 409 g/mol. The molecule has 4 aromatic rings. The molecule has 32 heavy (non-hydrogen) atoms. The van der Waals surface area contributed by atoms with Crippen LogP contribution in [-0.2, 0) is 0 Å². The van der Waals surface area contributed by atoms with Gasteiger partial charge in [-0.1, -0.05) is 18.2 Å². The number of para-hydroxylation sites is 1. The molecule has 0 saturated carbocycles. The predicted molar refractivity (Wildman–Crippen MR) is 123 cm³/mol. The van der Waals surface area contributed by atoms with Gasteiger partial charge in [-0.3, -0.25) is 14.5 Å². The van der Waals surface area contributed by atoms with Crippen molar-refractivity contribution in [2.24, 2.45) is 0 Å². The molecular formula is C24H24FN5O2. The lowest BCUT2D eigenvalue weighted by molar-refractivity contribution is 0.313. The zero-order valence-electron chi connectivity index (χ0n) is 18.0. The van der Waals surface area contributed by atoms with Crippen LogP contribution < -0.4 is 15.2 Å². The van der Waals surface area contributed by atoms with E-state index in [1.807, 2.05) is 12.1 Å². The minimum atomic E-state index is -0.535. The summed E-state index contributed by atoms with van der Waals surface area (Å²) >= 11 is 0. The number of aromatic amines is 1. The normalized spacial score (nSPS) is 14.8. The number of rotatable bonds is 4. The van der Waals surface area contributed by atoms with E-state index in [4.69, 9.17) is 4.74 Å². The van der Waals surface area contributed by atoms with E-state index in [1.54, 1.807) is 18.3 Å². The van der Waals surface area contributed by atoms with Gasteiger partial charge in [0.1, 0.15) is 17.1 Å². The molecule has 0 amide bonds. The van der Waals surface area contributed by atoms with Gasteiger partial charge in [0.25, 0.3) is 5.56 Å². The fourth-order valence-corrected chi connectivity index (χ4v) is 4.17. The number of pyridine rings is 1. The van der Waals surface area contributed by atoms with E-state index in [2.05, 4.69) is 39.2 Å². The van der Waals surface area contributed by atoms with Crippen molar-refractivity contribution in [3.63, 3.8) is 0 Å². The van der Waals surface area contributed by atoms with Gasteiger partial charge in [0.05, 0.1) is 12.6 Å². The fraction of sp³-hybridized carbons (Fsp3) is 0.250. The summed E-state index contributed by atoms with van der Waals surface area (Å²) in [5.74, 6) is -0.250. The van der Waals surface area contributed by atoms with Gasteiger partial charge in [0, 0.05) is 55.1 Å². The number of H-pyrrole nitrogens is 1. The standard InChI is InChI=1S/C24H24FN5O2/c1-28-10-12-29(13-11-28)17-8-6-16(7-9-17)23-18-15-30(22(31)14-20(18)26-27-23)24-19(25)4-3-5-21(24)32-2/h3-9,14-15,26H,10-13H2,1-2H3. The Morgan fingerprint density at radius 3 is 2.53 bits per heavy atom. The minimum Gasteiger partial charge on any atom is -0.494 e. The zero-order chi connectivity index (χ0) is 22.2. The monoisotopic (exact) mass is 433 g/mol. The maximum atomic E-state index is 14.6. The second kappa shape index (κ2) is 8.12. The number of halogens is 1. The number of methoxy groups -OCH3 is 1. The Labute approximate surface area is 184 Å². The van der Waals surface area contributed by atoms with Gasteiger partial charge in [-0.15, -0.1) is 0 Å². The number of hydrogen-bond donors (Lipinski definition) is 1. The van der Waals surface area contributed by atoms with Crippen LogP contribution in [0.25, 0.3) is 27.8 Å². The number of nitrogens with zero attached hydrogens (tertiary/aromatic N) is 4. The summed E-state index contributed by atoms with van der Waals surface area (Å²) in [5.41, 5.74) is 3.10. The second-order valence-corrected chi connectivity index (χ2v) is 8.01. The van der Waals surface area contributed by atoms with E-state index in [1.165, 1.54) is 29.5 Å². The molecule has 0 atom stereocenters. The SMILES string of the molecule is COc1cccc(F)c1-n1cc2c(-c3ccc(N4CCN(C)CC4)cc3)n[nH]c2cc1=O. The number of nitrogens with one attached hydrogen (secondary N) is 1. The van der Waals surface area contributed by atoms with Crippen molar-refractivity contribution >= 4 is 16.6 Å². The van der Waals surface area contributed by atoms with Gasteiger partial charge in [-0.2, -0.15) is 5.10 Å². The molecule has 1 fully saturated rings. The van der Waals surface area contributed by atoms with E-state index in [0.717, 1.165) is 37.1 Å². The van der Waals surface area contributed by atoms with Crippen LogP contribution in [0, 0.1) is 5.82 Å². The fourth-order valence-electron chi connectivity index (χ4n) is 4.17. The van der Waals surface area contributed by atoms with Crippen molar-refractivity contribution in [2.75, 3.05) is 45.2 Å². The molecule has 5 rings (SSSR count). The second-order valence-electron chi connectivity index (χ2n) is 8.01. The van der Waals surface area contributed by atoms with Crippen molar-refractivity contribution in [1.29, 1.82) is 0 Å². The lowest BCUT2D eigenvalue weighted by Crippen LogP contribution is -2.44. The Kier molecular flexibility index (Phi) is 5.14. The van der Waals surface area contributed by atoms with Crippen molar-refractivity contribution in [2.45, 2.75) is 0 Å². The molecule has 1 aliphatic rings. The first kappa shape index (κ1) is 20.3. The lowest BCUT2D eigenvalue weighted by Gasteiger charge is -2.34. The average Bonchev–Trinajstić information content (AvgIpc) is 3.21. The summed E-state index contributed by atoms with van der Waals surface area (Å²) in [6, 6.07) is 14.2. The van der Waals surface area contributed by atoms with E-state index in [0.29, 0.717) is 11.2 Å². The van der Waals surface area contributed by atoms with Crippen molar-refractivity contribution in [1.82, 2.24) is 19.7 Å². The summed E-state index contributed by atoms with van der Waals surface area (Å²) in [4.78, 5) is 17.4. The van der Waals surface area contributed by atoms with E-state index < -0.39 is 5.82 Å². The Bertz CT molecular complexity index is 1320. The van der Waals surface area contributed by atoms with Crippen LogP contribution in [0.4, 0.5) is 10.1 Å². The first-order valence-electron chi connectivity index (χ1n) is 10.5. The Balaban J connectivity index is 1.55. The summed E-state index contributed by atoms with van der Waals surface area (Å²) in [6.45, 7) is 4.08. The topological polar surface area (TPSA) is 66.4 Å². The molecule has 1 aliphatic heterocycles. The third-order valence-corrected chi connectivity index (χ3v) is 6.02. The molecule has 7 nitrogen and oxygen atoms in total. The van der Waals surface area contributed by atoms with E-state index in [9.17, 15) is 9.18 Å². The molecule has 0 spiro atoms. The summed E-state index contributed by atoms with van der Waals surface area (Å²) in [7, 11) is 3.59. The van der Waals surface area contributed by atoms with Crippen molar-refractivity contribution in [3.8, 4) is 22.7 Å². The molecule has 3 heterocycles. The zero-order valence-corrected chi connectivity index (χ0v) is 18.0. The van der Waals surface area contributed by atoms with Crippen molar-refractivity contribution < 1.29 is 9.13 Å². The van der Waals surface area contributed by atoms with Gasteiger partial charge in [-0.25, -0.2) is 4.39 Å². The quantitative estimate of drug-likeness (QED) is 0.535. The molecule has 164 valence electrons. The lowest BCUT2D eigenvalue weighted by atomic mass is 10.1. The summed E-state index contributed by atoms with van der Waals surface area (Å²) < 4.78 is 21.2. The summed E-state index contributed by atoms with van der Waals surface area (Å²) in [5, 5.41) is 8.09. The number of piperazine rings is 1. The maximum Gasteiger partial charge on any atom is 0.257 e. The molecule has 1 N–H and O–H groups in total. The number of benzene rings is 2. The molecule has 0 aliphatic carbocycles. The Morgan fingerprint density at radius 1 is 1.06 bits per heavy atom. The van der Waals surface area contributed by atoms with Crippen LogP contribution in [0.3, 0.4) is 0 Å². The number of fused-ring (bicyclic) bond motifs is 1. The first-order valence-corrected chi connectivity index (χ1v) is 10.5. The number of likely N-dealkylation sites (N-methyl/N-ethyl adjacent to an activating group) is 1. The molecule has 0 radical (unpaired) electrons. The van der Waals surface area contributed by atoms with Crippen LogP contribution in [0.15, 0.2) is 59.5 Å². The highest BCUT2D eigenvalue weighted by atomic mass is 19.1. The van der Waals surface area contributed by atoms with Gasteiger partial charge in [0.15, 0.2) is 5.82 Å². The number of aromatic nitrogens is 3. The molecule has 0 unspecified atom stereocenters. The number of hydrogen-bond acceptors (Lipinski definition) is 5. The van der Waals surface area contributed by atoms with Crippen LogP contribution in [-0.4, -0.2) is 60.0 Å².